The van der Waals surface area contributed by atoms with Crippen molar-refractivity contribution in [2.75, 3.05) is 45.9 Å². The summed E-state index contributed by atoms with van der Waals surface area (Å²) in [4.78, 5) is 27.4. The zero-order valence-corrected chi connectivity index (χ0v) is 15.8. The number of hydrogen-bond donors (Lipinski definition) is 0. The molecule has 1 saturated carbocycles. The predicted octanol–water partition coefficient (Wildman–Crippen LogP) is 0.911. The lowest BCUT2D eigenvalue weighted by Gasteiger charge is -2.55. The Morgan fingerprint density at radius 3 is 2.89 bits per heavy atom. The number of aromatic nitrogens is 1. The highest BCUT2D eigenvalue weighted by Crippen LogP contribution is 2.36. The largest absolute Gasteiger partial charge is 0.369 e. The van der Waals surface area contributed by atoms with Gasteiger partial charge >= 0.3 is 0 Å². The molecule has 146 valence electrons. The first-order valence-electron chi connectivity index (χ1n) is 10.1. The van der Waals surface area contributed by atoms with Crippen molar-refractivity contribution in [3.63, 3.8) is 0 Å². The fraction of sp³-hybridized carbons (Fsp3) is 0.700. The van der Waals surface area contributed by atoms with E-state index in [0.29, 0.717) is 19.8 Å². The van der Waals surface area contributed by atoms with E-state index in [1.807, 2.05) is 18.5 Å². The van der Waals surface area contributed by atoms with Crippen molar-refractivity contribution in [2.45, 2.75) is 37.5 Å². The summed E-state index contributed by atoms with van der Waals surface area (Å²) in [5, 5.41) is 1.56. The fourth-order valence-electron chi connectivity index (χ4n) is 4.55. The van der Waals surface area contributed by atoms with E-state index in [9.17, 15) is 4.79 Å². The number of pyridine rings is 1. The van der Waals surface area contributed by atoms with Crippen LogP contribution in [-0.4, -0.2) is 83.3 Å². The highest BCUT2D eigenvalue weighted by molar-refractivity contribution is 5.81. The van der Waals surface area contributed by atoms with Gasteiger partial charge in [-0.1, -0.05) is 6.07 Å². The molecule has 5 rings (SSSR count). The summed E-state index contributed by atoms with van der Waals surface area (Å²) in [5.41, 5.74) is 1.11. The average molecular weight is 372 g/mol. The molecule has 1 unspecified atom stereocenters. The first kappa shape index (κ1) is 17.6. The highest BCUT2D eigenvalue weighted by atomic mass is 16.7. The molecule has 0 bridgehead atoms. The molecule has 1 atom stereocenters. The van der Waals surface area contributed by atoms with Gasteiger partial charge in [-0.05, 0) is 36.8 Å². The van der Waals surface area contributed by atoms with E-state index in [2.05, 4.69) is 20.9 Å². The summed E-state index contributed by atoms with van der Waals surface area (Å²) in [5.74, 6) is 0.830. The first-order valence-corrected chi connectivity index (χ1v) is 10.1. The third kappa shape index (κ3) is 3.74. The molecule has 4 fully saturated rings. The normalized spacial score (nSPS) is 28.4. The average Bonchev–Trinajstić information content (AvgIpc) is 3.30. The van der Waals surface area contributed by atoms with Gasteiger partial charge in [-0.2, -0.15) is 0 Å². The third-order valence-corrected chi connectivity index (χ3v) is 6.11. The molecule has 1 spiro atoms. The van der Waals surface area contributed by atoms with E-state index in [4.69, 9.17) is 9.57 Å². The van der Waals surface area contributed by atoms with Crippen molar-refractivity contribution in [3.8, 4) is 0 Å². The molecule has 0 aromatic carbocycles. The molecule has 4 aliphatic rings. The van der Waals surface area contributed by atoms with Gasteiger partial charge < -0.3 is 4.74 Å². The second-order valence-electron chi connectivity index (χ2n) is 8.52. The molecule has 1 aliphatic carbocycles. The fourth-order valence-corrected chi connectivity index (χ4v) is 4.55. The number of carbonyl (C=O) groups is 1. The topological polar surface area (TPSA) is 58.1 Å². The van der Waals surface area contributed by atoms with Gasteiger partial charge in [-0.15, -0.1) is 0 Å². The Labute approximate surface area is 160 Å². The van der Waals surface area contributed by atoms with Crippen molar-refractivity contribution in [2.24, 2.45) is 5.92 Å². The Morgan fingerprint density at radius 1 is 1.30 bits per heavy atom. The Bertz CT molecular complexity index is 669. The van der Waals surface area contributed by atoms with Crippen LogP contribution >= 0.6 is 0 Å². The van der Waals surface area contributed by atoms with Gasteiger partial charge in [0, 0.05) is 45.1 Å². The van der Waals surface area contributed by atoms with Gasteiger partial charge in [0.2, 0.25) is 0 Å². The smallest absolute Gasteiger partial charge is 0.265 e. The van der Waals surface area contributed by atoms with Gasteiger partial charge in [0.1, 0.15) is 11.6 Å². The van der Waals surface area contributed by atoms with Crippen LogP contribution in [0.15, 0.2) is 24.5 Å². The van der Waals surface area contributed by atoms with Crippen LogP contribution in [0.1, 0.15) is 24.8 Å². The Kier molecular flexibility index (Phi) is 4.63. The second-order valence-corrected chi connectivity index (χ2v) is 8.52. The Balaban J connectivity index is 1.21. The Hall–Kier alpha value is -1.54. The summed E-state index contributed by atoms with van der Waals surface area (Å²) in [6.07, 6.45) is 7.24. The molecule has 7 nitrogen and oxygen atoms in total. The van der Waals surface area contributed by atoms with Gasteiger partial charge in [-0.3, -0.25) is 24.4 Å². The minimum Gasteiger partial charge on any atom is -0.369 e. The zero-order valence-electron chi connectivity index (χ0n) is 15.8. The van der Waals surface area contributed by atoms with Crippen LogP contribution in [-0.2, 0) is 20.9 Å². The molecule has 3 aliphatic heterocycles. The molecule has 4 heterocycles. The molecule has 27 heavy (non-hydrogen) atoms. The summed E-state index contributed by atoms with van der Waals surface area (Å²) < 4.78 is 6.29. The molecule has 1 amide bonds. The number of hydroxylamine groups is 2. The van der Waals surface area contributed by atoms with Crippen LogP contribution in [0.4, 0.5) is 0 Å². The number of likely N-dealkylation sites (tertiary alicyclic amines) is 1. The van der Waals surface area contributed by atoms with Gasteiger partial charge in [0.15, 0.2) is 0 Å². The third-order valence-electron chi connectivity index (χ3n) is 6.11. The number of amides is 1. The van der Waals surface area contributed by atoms with E-state index in [0.717, 1.165) is 45.1 Å². The van der Waals surface area contributed by atoms with Crippen LogP contribution < -0.4 is 0 Å². The van der Waals surface area contributed by atoms with Crippen molar-refractivity contribution < 1.29 is 14.4 Å². The molecule has 3 saturated heterocycles. The van der Waals surface area contributed by atoms with Crippen molar-refractivity contribution in [3.05, 3.63) is 30.1 Å². The van der Waals surface area contributed by atoms with Crippen molar-refractivity contribution in [1.82, 2.24) is 19.8 Å². The van der Waals surface area contributed by atoms with Gasteiger partial charge in [-0.25, -0.2) is 5.06 Å². The van der Waals surface area contributed by atoms with Crippen molar-refractivity contribution >= 4 is 5.91 Å². The summed E-state index contributed by atoms with van der Waals surface area (Å²) in [7, 11) is 0. The number of hydrogen-bond acceptors (Lipinski definition) is 6. The highest BCUT2D eigenvalue weighted by Gasteiger charge is 2.51. The van der Waals surface area contributed by atoms with Crippen LogP contribution in [0.2, 0.25) is 0 Å². The molecular formula is C20H28N4O3. The summed E-state index contributed by atoms with van der Waals surface area (Å²) >= 11 is 0. The second kappa shape index (κ2) is 7.13. The predicted molar refractivity (Wildman–Crippen MR) is 98.6 cm³/mol. The van der Waals surface area contributed by atoms with E-state index >= 15 is 0 Å². The molecular weight excluding hydrogens is 344 g/mol. The quantitative estimate of drug-likeness (QED) is 0.766. The summed E-state index contributed by atoms with van der Waals surface area (Å²) in [6.45, 7) is 6.44. The van der Waals surface area contributed by atoms with Crippen LogP contribution in [0.25, 0.3) is 0 Å². The van der Waals surface area contributed by atoms with Crippen molar-refractivity contribution in [1.29, 1.82) is 0 Å². The maximum Gasteiger partial charge on any atom is 0.265 e. The SMILES string of the molecule is O=C(C1COC2(CN(Cc3cccnc3)C2)CN1CC1CC1)N1CCCO1. The molecule has 7 heteroatoms. The van der Waals surface area contributed by atoms with Gasteiger partial charge in [0.25, 0.3) is 5.91 Å². The minimum absolute atomic E-state index is 0.0783. The molecule has 1 aromatic heterocycles. The van der Waals surface area contributed by atoms with Crippen LogP contribution in [0.5, 0.6) is 0 Å². The molecule has 0 radical (unpaired) electrons. The number of carbonyl (C=O) groups excluding carboxylic acids is 1. The lowest BCUT2D eigenvalue weighted by molar-refractivity contribution is -0.216. The van der Waals surface area contributed by atoms with E-state index < -0.39 is 0 Å². The Morgan fingerprint density at radius 2 is 2.19 bits per heavy atom. The minimum atomic E-state index is -0.193. The van der Waals surface area contributed by atoms with Crippen LogP contribution in [0.3, 0.4) is 0 Å². The number of morpholine rings is 1. The maximum atomic E-state index is 12.9. The van der Waals surface area contributed by atoms with E-state index in [1.165, 1.54) is 18.4 Å². The van der Waals surface area contributed by atoms with Gasteiger partial charge in [0.05, 0.1) is 19.8 Å². The number of nitrogens with zero attached hydrogens (tertiary/aromatic N) is 4. The number of rotatable bonds is 5. The summed E-state index contributed by atoms with van der Waals surface area (Å²) in [6, 6.07) is 3.90. The molecule has 0 N–H and O–H groups in total. The monoisotopic (exact) mass is 372 g/mol. The molecule has 1 aromatic rings. The number of ether oxygens (including phenoxy) is 1. The van der Waals surface area contributed by atoms with E-state index in [1.54, 1.807) is 5.06 Å². The standard InChI is InChI=1S/C20H28N4O3/c25-19(24-7-2-8-27-24)18-12-26-20(15-23(18)11-16-4-5-16)13-22(14-20)10-17-3-1-6-21-9-17/h1,3,6,9,16,18H,2,4-5,7-8,10-15H2. The maximum absolute atomic E-state index is 12.9. The lowest BCUT2D eigenvalue weighted by atomic mass is 9.89. The first-order chi connectivity index (χ1) is 13.2. The zero-order chi connectivity index (χ0) is 18.3. The van der Waals surface area contributed by atoms with E-state index in [-0.39, 0.29) is 17.6 Å². The van der Waals surface area contributed by atoms with Crippen LogP contribution in [0, 0.1) is 5.92 Å². The lowest BCUT2D eigenvalue weighted by Crippen LogP contribution is -2.72.